The van der Waals surface area contributed by atoms with E-state index in [0.29, 0.717) is 13.2 Å². The molecule has 0 saturated carbocycles. The Labute approximate surface area is 99.4 Å². The fraction of sp³-hybridized carbons (Fsp3) is 0.500. The predicted octanol–water partition coefficient (Wildman–Crippen LogP) is 1.80. The van der Waals surface area contributed by atoms with Gasteiger partial charge in [0.25, 0.3) is 6.43 Å². The van der Waals surface area contributed by atoms with Crippen LogP contribution in [0.2, 0.25) is 0 Å². The molecule has 1 atom stereocenters. The van der Waals surface area contributed by atoms with Gasteiger partial charge in [-0.3, -0.25) is 0 Å². The SMILES string of the molecule is CCOc1ccc(CNCC(O)C(F)F)cc1. The first kappa shape index (κ1) is 13.9. The number of ether oxygens (including phenoxy) is 1. The molecule has 2 N–H and O–H groups in total. The van der Waals surface area contributed by atoms with Crippen molar-refractivity contribution >= 4 is 0 Å². The zero-order valence-electron chi connectivity index (χ0n) is 9.70. The monoisotopic (exact) mass is 245 g/mol. The Morgan fingerprint density at radius 3 is 2.47 bits per heavy atom. The number of hydrogen-bond acceptors (Lipinski definition) is 3. The van der Waals surface area contributed by atoms with Crippen molar-refractivity contribution in [1.82, 2.24) is 5.32 Å². The van der Waals surface area contributed by atoms with Crippen LogP contribution < -0.4 is 10.1 Å². The standard InChI is InChI=1S/C12H17F2NO2/c1-2-17-10-5-3-9(4-6-10)7-15-8-11(16)12(13)14/h3-6,11-12,15-16H,2,7-8H2,1H3. The van der Waals surface area contributed by atoms with Gasteiger partial charge in [0.2, 0.25) is 0 Å². The van der Waals surface area contributed by atoms with Crippen LogP contribution in [0.1, 0.15) is 12.5 Å². The molecule has 3 nitrogen and oxygen atoms in total. The summed E-state index contributed by atoms with van der Waals surface area (Å²) in [6.07, 6.45) is -4.32. The lowest BCUT2D eigenvalue weighted by molar-refractivity contribution is -0.00340. The molecule has 5 heteroatoms. The highest BCUT2D eigenvalue weighted by Gasteiger charge is 2.15. The van der Waals surface area contributed by atoms with Gasteiger partial charge in [-0.2, -0.15) is 0 Å². The number of aliphatic hydroxyl groups excluding tert-OH is 1. The highest BCUT2D eigenvalue weighted by atomic mass is 19.3. The van der Waals surface area contributed by atoms with Crippen molar-refractivity contribution in [3.63, 3.8) is 0 Å². The highest BCUT2D eigenvalue weighted by molar-refractivity contribution is 5.27. The summed E-state index contributed by atoms with van der Waals surface area (Å²) in [6, 6.07) is 7.35. The van der Waals surface area contributed by atoms with E-state index in [4.69, 9.17) is 9.84 Å². The molecule has 0 radical (unpaired) electrons. The lowest BCUT2D eigenvalue weighted by Gasteiger charge is -2.11. The minimum atomic E-state index is -2.71. The molecule has 17 heavy (non-hydrogen) atoms. The molecule has 1 aromatic carbocycles. The van der Waals surface area contributed by atoms with Crippen molar-refractivity contribution in [2.24, 2.45) is 0 Å². The minimum absolute atomic E-state index is 0.120. The Morgan fingerprint density at radius 2 is 1.94 bits per heavy atom. The summed E-state index contributed by atoms with van der Waals surface area (Å²) >= 11 is 0. The van der Waals surface area contributed by atoms with Crippen LogP contribution in [0.3, 0.4) is 0 Å². The van der Waals surface area contributed by atoms with E-state index in [1.807, 2.05) is 31.2 Å². The maximum absolute atomic E-state index is 12.0. The van der Waals surface area contributed by atoms with Crippen molar-refractivity contribution < 1.29 is 18.6 Å². The molecule has 1 rings (SSSR count). The van der Waals surface area contributed by atoms with Gasteiger partial charge in [0.1, 0.15) is 11.9 Å². The lowest BCUT2D eigenvalue weighted by atomic mass is 10.2. The lowest BCUT2D eigenvalue weighted by Crippen LogP contribution is -2.31. The van der Waals surface area contributed by atoms with Gasteiger partial charge in [0, 0.05) is 13.1 Å². The van der Waals surface area contributed by atoms with Crippen molar-refractivity contribution in [2.75, 3.05) is 13.2 Å². The van der Waals surface area contributed by atoms with Gasteiger partial charge in [0.05, 0.1) is 6.61 Å². The van der Waals surface area contributed by atoms with Crippen LogP contribution in [0.25, 0.3) is 0 Å². The molecule has 0 aliphatic carbocycles. The fourth-order valence-corrected chi connectivity index (χ4v) is 1.32. The van der Waals surface area contributed by atoms with E-state index < -0.39 is 12.5 Å². The number of rotatable bonds is 7. The second-order valence-corrected chi connectivity index (χ2v) is 3.61. The van der Waals surface area contributed by atoms with Crippen LogP contribution in [0.5, 0.6) is 5.75 Å². The van der Waals surface area contributed by atoms with Gasteiger partial charge < -0.3 is 15.2 Å². The Bertz CT molecular complexity index is 317. The largest absolute Gasteiger partial charge is 0.494 e. The van der Waals surface area contributed by atoms with Crippen LogP contribution in [-0.4, -0.2) is 30.8 Å². The quantitative estimate of drug-likeness (QED) is 0.769. The van der Waals surface area contributed by atoms with E-state index in [-0.39, 0.29) is 6.54 Å². The molecule has 0 bridgehead atoms. The van der Waals surface area contributed by atoms with Gasteiger partial charge in [-0.25, -0.2) is 8.78 Å². The second kappa shape index (κ2) is 7.19. The van der Waals surface area contributed by atoms with E-state index in [9.17, 15) is 8.78 Å². The summed E-state index contributed by atoms with van der Waals surface area (Å²) in [5, 5.41) is 11.6. The molecule has 96 valence electrons. The van der Waals surface area contributed by atoms with Crippen LogP contribution >= 0.6 is 0 Å². The Balaban J connectivity index is 2.32. The topological polar surface area (TPSA) is 41.5 Å². The summed E-state index contributed by atoms with van der Waals surface area (Å²) < 4.78 is 29.2. The predicted molar refractivity (Wildman–Crippen MR) is 61.3 cm³/mol. The van der Waals surface area contributed by atoms with Crippen molar-refractivity contribution in [2.45, 2.75) is 26.0 Å². The van der Waals surface area contributed by atoms with Crippen LogP contribution in [-0.2, 0) is 6.54 Å². The van der Waals surface area contributed by atoms with Gasteiger partial charge >= 0.3 is 0 Å². The van der Waals surface area contributed by atoms with E-state index in [0.717, 1.165) is 11.3 Å². The van der Waals surface area contributed by atoms with Gasteiger partial charge in [-0.1, -0.05) is 12.1 Å². The minimum Gasteiger partial charge on any atom is -0.494 e. The maximum atomic E-state index is 12.0. The number of halogens is 2. The Kier molecular flexibility index (Phi) is 5.86. The zero-order valence-corrected chi connectivity index (χ0v) is 9.70. The zero-order chi connectivity index (χ0) is 12.7. The van der Waals surface area contributed by atoms with Gasteiger partial charge in [-0.05, 0) is 24.6 Å². The smallest absolute Gasteiger partial charge is 0.265 e. The first-order valence-electron chi connectivity index (χ1n) is 5.52. The molecule has 0 aliphatic heterocycles. The number of alkyl halides is 2. The maximum Gasteiger partial charge on any atom is 0.265 e. The molecular weight excluding hydrogens is 228 g/mol. The summed E-state index contributed by atoms with van der Waals surface area (Å²) in [4.78, 5) is 0. The van der Waals surface area contributed by atoms with E-state index in [2.05, 4.69) is 5.32 Å². The van der Waals surface area contributed by atoms with Crippen molar-refractivity contribution in [3.05, 3.63) is 29.8 Å². The van der Waals surface area contributed by atoms with Crippen LogP contribution in [0.4, 0.5) is 8.78 Å². The average molecular weight is 245 g/mol. The molecular formula is C12H17F2NO2. The third kappa shape index (κ3) is 5.10. The number of benzene rings is 1. The fourth-order valence-electron chi connectivity index (χ4n) is 1.32. The molecule has 0 fully saturated rings. The number of hydrogen-bond donors (Lipinski definition) is 2. The van der Waals surface area contributed by atoms with E-state index in [1.165, 1.54) is 0 Å². The van der Waals surface area contributed by atoms with E-state index >= 15 is 0 Å². The highest BCUT2D eigenvalue weighted by Crippen LogP contribution is 2.11. The van der Waals surface area contributed by atoms with Crippen LogP contribution in [0.15, 0.2) is 24.3 Å². The average Bonchev–Trinajstić information content (AvgIpc) is 2.31. The van der Waals surface area contributed by atoms with Crippen molar-refractivity contribution in [1.29, 1.82) is 0 Å². The van der Waals surface area contributed by atoms with Gasteiger partial charge in [0.15, 0.2) is 0 Å². The summed E-state index contributed by atoms with van der Waals surface area (Å²) in [7, 11) is 0. The molecule has 0 amide bonds. The molecule has 0 spiro atoms. The first-order valence-corrected chi connectivity index (χ1v) is 5.52. The third-order valence-electron chi connectivity index (χ3n) is 2.21. The number of nitrogens with one attached hydrogen (secondary N) is 1. The van der Waals surface area contributed by atoms with Crippen molar-refractivity contribution in [3.8, 4) is 5.75 Å². The van der Waals surface area contributed by atoms with Gasteiger partial charge in [-0.15, -0.1) is 0 Å². The third-order valence-corrected chi connectivity index (χ3v) is 2.21. The Morgan fingerprint density at radius 1 is 1.29 bits per heavy atom. The second-order valence-electron chi connectivity index (χ2n) is 3.61. The normalized spacial score (nSPS) is 12.8. The summed E-state index contributed by atoms with van der Waals surface area (Å²) in [6.45, 7) is 2.83. The molecule has 1 unspecified atom stereocenters. The molecule has 0 aliphatic rings. The summed E-state index contributed by atoms with van der Waals surface area (Å²) in [5.74, 6) is 0.781. The molecule has 1 aromatic rings. The Hall–Kier alpha value is -1.20. The molecule has 0 aromatic heterocycles. The van der Waals surface area contributed by atoms with Crippen LogP contribution in [0, 0.1) is 0 Å². The molecule has 0 saturated heterocycles. The molecule has 0 heterocycles. The number of aliphatic hydroxyl groups is 1. The van der Waals surface area contributed by atoms with E-state index in [1.54, 1.807) is 0 Å². The first-order chi connectivity index (χ1) is 8.13. The summed E-state index contributed by atoms with van der Waals surface area (Å²) in [5.41, 5.74) is 0.954.